The average molecular weight is 728 g/mol. The standard InChI is InChI=1S/C29H39F2N7O2.C7H8O3S/c1-18(2)27-35-29(40-36-27)37-10-6-20(7-11-37)19(3)9-13-39-22-15-33-28(34-16-22)38-12-8-23(26(32)17-38)24-14-21(30)4-5-25(24)31;1-6-2-4-7(5-3-6)11(8,9)10/h4-5,14-16,18-20,23,26H,6-13,17,32H2,1-3H3;2-5H,1H3,(H,8,9,10)/t19-,23+,26-;/m1./s1. The molecule has 51 heavy (non-hydrogen) atoms. The van der Waals surface area contributed by atoms with Gasteiger partial charge in [0.25, 0.3) is 10.1 Å². The minimum absolute atomic E-state index is 0.0666. The highest BCUT2D eigenvalue weighted by molar-refractivity contribution is 7.85. The molecule has 3 atom stereocenters. The number of ether oxygens (including phenoxy) is 1. The summed E-state index contributed by atoms with van der Waals surface area (Å²) in [7, 11) is -4.02. The highest BCUT2D eigenvalue weighted by Gasteiger charge is 2.31. The van der Waals surface area contributed by atoms with Crippen molar-refractivity contribution in [3.05, 3.63) is 83.4 Å². The van der Waals surface area contributed by atoms with E-state index in [-0.39, 0.29) is 22.8 Å². The Morgan fingerprint density at radius 2 is 1.67 bits per heavy atom. The number of hydrogen-bond donors (Lipinski definition) is 2. The molecule has 0 amide bonds. The Morgan fingerprint density at radius 1 is 1.00 bits per heavy atom. The van der Waals surface area contributed by atoms with Gasteiger partial charge in [0.1, 0.15) is 11.6 Å². The number of hydrogen-bond acceptors (Lipinski definition) is 11. The Bertz CT molecular complexity index is 1820. The Balaban J connectivity index is 0.000000392. The summed E-state index contributed by atoms with van der Waals surface area (Å²) in [6, 6.07) is 9.80. The van der Waals surface area contributed by atoms with Crippen LogP contribution in [0.5, 0.6) is 5.75 Å². The van der Waals surface area contributed by atoms with E-state index in [0.29, 0.717) is 61.2 Å². The first-order valence-electron chi connectivity index (χ1n) is 17.3. The maximum atomic E-state index is 14.3. The van der Waals surface area contributed by atoms with E-state index in [4.69, 9.17) is 19.5 Å². The van der Waals surface area contributed by atoms with Crippen LogP contribution in [-0.4, -0.2) is 71.9 Å². The SMILES string of the molecule is CC(C)c1noc(N2CCC([C@H](C)CCOc3cnc(N4CC[C@@H](c5cc(F)ccc5F)[C@H](N)C4)nc3)CC2)n1.Cc1ccc(S(=O)(=O)O)cc1. The molecule has 2 aliphatic rings. The van der Waals surface area contributed by atoms with Crippen molar-refractivity contribution in [2.24, 2.45) is 17.6 Å². The molecule has 0 bridgehead atoms. The summed E-state index contributed by atoms with van der Waals surface area (Å²) < 4.78 is 68.9. The van der Waals surface area contributed by atoms with E-state index < -0.39 is 21.8 Å². The molecule has 4 aromatic rings. The monoisotopic (exact) mass is 727 g/mol. The van der Waals surface area contributed by atoms with Gasteiger partial charge >= 0.3 is 6.01 Å². The zero-order valence-corrected chi connectivity index (χ0v) is 30.3. The third kappa shape index (κ3) is 10.2. The third-order valence-electron chi connectivity index (χ3n) is 9.64. The zero-order valence-electron chi connectivity index (χ0n) is 29.5. The molecule has 2 aliphatic heterocycles. The third-order valence-corrected chi connectivity index (χ3v) is 10.5. The molecule has 2 saturated heterocycles. The van der Waals surface area contributed by atoms with Crippen LogP contribution >= 0.6 is 0 Å². The molecule has 0 spiro atoms. The fourth-order valence-electron chi connectivity index (χ4n) is 6.45. The van der Waals surface area contributed by atoms with Gasteiger partial charge in [-0.05, 0) is 80.3 Å². The van der Waals surface area contributed by atoms with Gasteiger partial charge in [-0.3, -0.25) is 4.55 Å². The number of piperidine rings is 2. The van der Waals surface area contributed by atoms with Crippen LogP contribution in [0.1, 0.15) is 75.2 Å². The number of aromatic nitrogens is 4. The summed E-state index contributed by atoms with van der Waals surface area (Å²) in [6.07, 6.45) is 7.08. The Labute approximate surface area is 298 Å². The van der Waals surface area contributed by atoms with Crippen LogP contribution < -0.4 is 20.3 Å². The maximum Gasteiger partial charge on any atom is 0.324 e. The lowest BCUT2D eigenvalue weighted by Gasteiger charge is -2.37. The van der Waals surface area contributed by atoms with Gasteiger partial charge in [0.15, 0.2) is 11.6 Å². The predicted molar refractivity (Wildman–Crippen MR) is 190 cm³/mol. The van der Waals surface area contributed by atoms with E-state index in [9.17, 15) is 17.2 Å². The molecule has 12 nitrogen and oxygen atoms in total. The molecule has 4 heterocycles. The minimum atomic E-state index is -4.02. The molecule has 0 aliphatic carbocycles. The molecule has 3 N–H and O–H groups in total. The summed E-state index contributed by atoms with van der Waals surface area (Å²) in [5.74, 6) is 2.23. The van der Waals surface area contributed by atoms with Gasteiger partial charge < -0.3 is 24.8 Å². The van der Waals surface area contributed by atoms with Crippen molar-refractivity contribution in [1.29, 1.82) is 0 Å². The molecule has 276 valence electrons. The first kappa shape index (κ1) is 38.0. The predicted octanol–water partition coefficient (Wildman–Crippen LogP) is 6.15. The quantitative estimate of drug-likeness (QED) is 0.180. The van der Waals surface area contributed by atoms with Gasteiger partial charge in [0.05, 0.1) is 23.9 Å². The van der Waals surface area contributed by atoms with E-state index in [1.807, 2.05) is 11.8 Å². The molecular formula is C36H47F2N7O5S. The number of aryl methyl sites for hydroxylation is 1. The number of rotatable bonds is 10. The largest absolute Gasteiger partial charge is 0.490 e. The molecule has 0 unspecified atom stereocenters. The summed E-state index contributed by atoms with van der Waals surface area (Å²) in [6.45, 7) is 11.8. The van der Waals surface area contributed by atoms with Crippen molar-refractivity contribution in [1.82, 2.24) is 20.1 Å². The van der Waals surface area contributed by atoms with Crippen LogP contribution in [0.25, 0.3) is 0 Å². The van der Waals surface area contributed by atoms with Crippen LogP contribution in [0.2, 0.25) is 0 Å². The second kappa shape index (κ2) is 16.9. The van der Waals surface area contributed by atoms with E-state index in [0.717, 1.165) is 55.9 Å². The topological polar surface area (TPSA) is 161 Å². The molecule has 2 aromatic carbocycles. The number of nitrogens with zero attached hydrogens (tertiary/aromatic N) is 6. The Kier molecular flexibility index (Phi) is 12.6. The summed E-state index contributed by atoms with van der Waals surface area (Å²) in [4.78, 5) is 17.6. The molecule has 0 radical (unpaired) electrons. The van der Waals surface area contributed by atoms with Crippen molar-refractivity contribution < 1.29 is 31.0 Å². The summed E-state index contributed by atoms with van der Waals surface area (Å²) in [5, 5.41) is 4.08. The van der Waals surface area contributed by atoms with Crippen LogP contribution in [0.4, 0.5) is 20.7 Å². The highest BCUT2D eigenvalue weighted by Crippen LogP contribution is 2.32. The fourth-order valence-corrected chi connectivity index (χ4v) is 6.93. The number of anilines is 2. The molecule has 15 heteroatoms. The van der Waals surface area contributed by atoms with Crippen molar-refractivity contribution >= 4 is 22.1 Å². The second-order valence-electron chi connectivity index (χ2n) is 13.7. The summed E-state index contributed by atoms with van der Waals surface area (Å²) >= 11 is 0. The molecule has 6 rings (SSSR count). The van der Waals surface area contributed by atoms with Crippen LogP contribution in [0.15, 0.2) is 64.3 Å². The lowest BCUT2D eigenvalue weighted by atomic mass is 9.84. The first-order valence-corrected chi connectivity index (χ1v) is 18.8. The average Bonchev–Trinajstić information content (AvgIpc) is 3.61. The lowest BCUT2D eigenvalue weighted by molar-refractivity contribution is 0.219. The van der Waals surface area contributed by atoms with Crippen molar-refractivity contribution in [3.63, 3.8) is 0 Å². The smallest absolute Gasteiger partial charge is 0.324 e. The lowest BCUT2D eigenvalue weighted by Crippen LogP contribution is -2.48. The van der Waals surface area contributed by atoms with Gasteiger partial charge in [0, 0.05) is 44.1 Å². The van der Waals surface area contributed by atoms with Crippen molar-refractivity contribution in [2.75, 3.05) is 42.6 Å². The first-order chi connectivity index (χ1) is 24.3. The molecule has 2 fully saturated rings. The van der Waals surface area contributed by atoms with E-state index in [1.54, 1.807) is 24.5 Å². The normalized spacial score (nSPS) is 19.1. The highest BCUT2D eigenvalue weighted by atomic mass is 32.2. The van der Waals surface area contributed by atoms with Crippen LogP contribution in [0.3, 0.4) is 0 Å². The van der Waals surface area contributed by atoms with Gasteiger partial charge in [-0.25, -0.2) is 18.7 Å². The maximum absolute atomic E-state index is 14.3. The number of nitrogens with two attached hydrogens (primary N) is 1. The second-order valence-corrected chi connectivity index (χ2v) is 15.1. The molecular weight excluding hydrogens is 681 g/mol. The van der Waals surface area contributed by atoms with Gasteiger partial charge in [-0.2, -0.15) is 13.4 Å². The van der Waals surface area contributed by atoms with Crippen molar-refractivity contribution in [2.45, 2.75) is 76.2 Å². The Hall–Kier alpha value is -4.21. The molecule has 0 saturated carbocycles. The molecule has 2 aromatic heterocycles. The Morgan fingerprint density at radius 3 is 2.27 bits per heavy atom. The van der Waals surface area contributed by atoms with Crippen LogP contribution in [0, 0.1) is 30.4 Å². The van der Waals surface area contributed by atoms with E-state index in [1.165, 1.54) is 18.2 Å². The number of benzene rings is 2. The number of halogens is 2. The van der Waals surface area contributed by atoms with E-state index >= 15 is 0 Å². The van der Waals surface area contributed by atoms with Crippen LogP contribution in [-0.2, 0) is 10.1 Å². The fraction of sp³-hybridized carbons (Fsp3) is 0.500. The van der Waals surface area contributed by atoms with Crippen molar-refractivity contribution in [3.8, 4) is 5.75 Å². The summed E-state index contributed by atoms with van der Waals surface area (Å²) in [5.41, 5.74) is 7.66. The van der Waals surface area contributed by atoms with Gasteiger partial charge in [-0.1, -0.05) is 43.6 Å². The van der Waals surface area contributed by atoms with E-state index in [2.05, 4.69) is 45.8 Å². The zero-order chi connectivity index (χ0) is 36.7. The van der Waals surface area contributed by atoms with Gasteiger partial charge in [0.2, 0.25) is 5.95 Å². The van der Waals surface area contributed by atoms with Gasteiger partial charge in [-0.15, -0.1) is 0 Å². The minimum Gasteiger partial charge on any atom is -0.490 e.